The third kappa shape index (κ3) is 2.00. The molecule has 1 aromatic rings. The van der Waals surface area contributed by atoms with Gasteiger partial charge in [0.25, 0.3) is 0 Å². The second-order valence-electron chi connectivity index (χ2n) is 3.91. The van der Waals surface area contributed by atoms with Crippen LogP contribution < -0.4 is 9.04 Å². The Kier molecular flexibility index (Phi) is 2.80. The molecular weight excluding hydrogens is 226 g/mol. The van der Waals surface area contributed by atoms with Crippen molar-refractivity contribution in [3.63, 3.8) is 0 Å². The molecule has 1 aliphatic rings. The van der Waals surface area contributed by atoms with E-state index in [9.17, 15) is 8.42 Å². The summed E-state index contributed by atoms with van der Waals surface area (Å²) in [6.07, 6.45) is 1.95. The van der Waals surface area contributed by atoms with Gasteiger partial charge < -0.3 is 4.74 Å². The van der Waals surface area contributed by atoms with Crippen molar-refractivity contribution in [2.24, 2.45) is 0 Å². The highest BCUT2D eigenvalue weighted by Gasteiger charge is 2.29. The normalized spacial score (nSPS) is 20.1. The molecule has 16 heavy (non-hydrogen) atoms. The number of para-hydroxylation sites is 2. The zero-order valence-electron chi connectivity index (χ0n) is 9.38. The summed E-state index contributed by atoms with van der Waals surface area (Å²) in [5, 5.41) is 0. The Labute approximate surface area is 95.9 Å². The monoisotopic (exact) mass is 241 g/mol. The van der Waals surface area contributed by atoms with Crippen molar-refractivity contribution in [2.45, 2.75) is 19.4 Å². The summed E-state index contributed by atoms with van der Waals surface area (Å²) in [4.78, 5) is 0. The molecule has 1 unspecified atom stereocenters. The topological polar surface area (TPSA) is 46.6 Å². The van der Waals surface area contributed by atoms with Crippen LogP contribution >= 0.6 is 0 Å². The molecule has 1 atom stereocenters. The lowest BCUT2D eigenvalue weighted by Crippen LogP contribution is -2.42. The summed E-state index contributed by atoms with van der Waals surface area (Å²) >= 11 is 0. The molecule has 0 saturated carbocycles. The molecule has 0 fully saturated rings. The van der Waals surface area contributed by atoms with E-state index < -0.39 is 10.0 Å². The first kappa shape index (κ1) is 11.3. The van der Waals surface area contributed by atoms with Crippen LogP contribution in [0.2, 0.25) is 0 Å². The first-order valence-electron chi connectivity index (χ1n) is 5.25. The highest BCUT2D eigenvalue weighted by atomic mass is 32.2. The molecule has 0 spiro atoms. The molecule has 0 saturated heterocycles. The van der Waals surface area contributed by atoms with Crippen LogP contribution in [0.25, 0.3) is 0 Å². The van der Waals surface area contributed by atoms with Crippen LogP contribution in [0.1, 0.15) is 13.3 Å². The molecule has 0 bridgehead atoms. The molecule has 0 aromatic heterocycles. The fraction of sp³-hybridized carbons (Fsp3) is 0.455. The third-order valence-corrected chi connectivity index (χ3v) is 3.80. The van der Waals surface area contributed by atoms with Crippen molar-refractivity contribution < 1.29 is 13.2 Å². The Morgan fingerprint density at radius 3 is 2.75 bits per heavy atom. The molecule has 0 aliphatic carbocycles. The molecule has 0 radical (unpaired) electrons. The Morgan fingerprint density at radius 1 is 1.44 bits per heavy atom. The fourth-order valence-electron chi connectivity index (χ4n) is 1.79. The molecule has 5 heteroatoms. The SMILES string of the molecule is CCC1CN(S(C)(=O)=O)c2ccccc2O1. The largest absolute Gasteiger partial charge is 0.486 e. The number of hydrogen-bond acceptors (Lipinski definition) is 3. The second-order valence-corrected chi connectivity index (χ2v) is 5.82. The Morgan fingerprint density at radius 2 is 2.12 bits per heavy atom. The van der Waals surface area contributed by atoms with Crippen molar-refractivity contribution in [3.05, 3.63) is 24.3 Å². The average molecular weight is 241 g/mol. The number of nitrogens with zero attached hydrogens (tertiary/aromatic N) is 1. The van der Waals surface area contributed by atoms with Crippen molar-refractivity contribution in [2.75, 3.05) is 17.1 Å². The van der Waals surface area contributed by atoms with Crippen LogP contribution in [-0.2, 0) is 10.0 Å². The molecule has 0 N–H and O–H groups in total. The van der Waals surface area contributed by atoms with Gasteiger partial charge in [0.15, 0.2) is 0 Å². The van der Waals surface area contributed by atoms with Crippen molar-refractivity contribution in [3.8, 4) is 5.75 Å². The fourth-order valence-corrected chi connectivity index (χ4v) is 2.73. The summed E-state index contributed by atoms with van der Waals surface area (Å²) in [6, 6.07) is 7.22. The van der Waals surface area contributed by atoms with E-state index in [-0.39, 0.29) is 6.10 Å². The van der Waals surface area contributed by atoms with Crippen molar-refractivity contribution >= 4 is 15.7 Å². The molecule has 2 rings (SSSR count). The quantitative estimate of drug-likeness (QED) is 0.790. The van der Waals surface area contributed by atoms with E-state index in [0.29, 0.717) is 18.0 Å². The first-order chi connectivity index (χ1) is 7.52. The molecule has 1 heterocycles. The zero-order valence-corrected chi connectivity index (χ0v) is 10.2. The maximum Gasteiger partial charge on any atom is 0.232 e. The molecule has 0 amide bonds. The summed E-state index contributed by atoms with van der Waals surface area (Å²) in [7, 11) is -3.23. The highest BCUT2D eigenvalue weighted by Crippen LogP contribution is 2.34. The average Bonchev–Trinajstić information content (AvgIpc) is 2.26. The van der Waals surface area contributed by atoms with Gasteiger partial charge in [0.05, 0.1) is 18.5 Å². The van der Waals surface area contributed by atoms with Crippen LogP contribution in [0.3, 0.4) is 0 Å². The summed E-state index contributed by atoms with van der Waals surface area (Å²) in [5.41, 5.74) is 0.634. The lowest BCUT2D eigenvalue weighted by molar-refractivity contribution is 0.196. The summed E-state index contributed by atoms with van der Waals surface area (Å²) in [6.45, 7) is 2.38. The minimum absolute atomic E-state index is 0.0652. The number of ether oxygens (including phenoxy) is 1. The van der Waals surface area contributed by atoms with Crippen LogP contribution in [0.15, 0.2) is 24.3 Å². The van der Waals surface area contributed by atoms with Crippen LogP contribution in [0.5, 0.6) is 5.75 Å². The Hall–Kier alpha value is -1.23. The van der Waals surface area contributed by atoms with E-state index in [0.717, 1.165) is 6.42 Å². The highest BCUT2D eigenvalue weighted by molar-refractivity contribution is 7.92. The number of sulfonamides is 1. The van der Waals surface area contributed by atoms with Gasteiger partial charge in [-0.1, -0.05) is 19.1 Å². The van der Waals surface area contributed by atoms with Gasteiger partial charge >= 0.3 is 0 Å². The molecule has 4 nitrogen and oxygen atoms in total. The summed E-state index contributed by atoms with van der Waals surface area (Å²) < 4.78 is 30.5. The first-order valence-corrected chi connectivity index (χ1v) is 7.10. The predicted octanol–water partition coefficient (Wildman–Crippen LogP) is 1.62. The Bertz CT molecular complexity index is 484. The van der Waals surface area contributed by atoms with Gasteiger partial charge in [0, 0.05) is 0 Å². The van der Waals surface area contributed by atoms with Gasteiger partial charge in [-0.3, -0.25) is 4.31 Å². The number of anilines is 1. The molecular formula is C11H15NO3S. The van der Waals surface area contributed by atoms with Gasteiger partial charge in [-0.25, -0.2) is 8.42 Å². The molecule has 1 aromatic carbocycles. The predicted molar refractivity (Wildman–Crippen MR) is 63.3 cm³/mol. The van der Waals surface area contributed by atoms with Crippen LogP contribution in [0, 0.1) is 0 Å². The Balaban J connectivity index is 2.47. The smallest absolute Gasteiger partial charge is 0.232 e. The second kappa shape index (κ2) is 3.97. The minimum Gasteiger partial charge on any atom is -0.486 e. The lowest BCUT2D eigenvalue weighted by atomic mass is 10.2. The third-order valence-electron chi connectivity index (χ3n) is 2.65. The van der Waals surface area contributed by atoms with E-state index in [1.165, 1.54) is 10.6 Å². The van der Waals surface area contributed by atoms with Crippen molar-refractivity contribution in [1.29, 1.82) is 0 Å². The van der Waals surface area contributed by atoms with E-state index in [2.05, 4.69) is 0 Å². The minimum atomic E-state index is -3.23. The van der Waals surface area contributed by atoms with Gasteiger partial charge in [-0.15, -0.1) is 0 Å². The standard InChI is InChI=1S/C11H15NO3S/c1-3-9-8-12(16(2,13)14)10-6-4-5-7-11(10)15-9/h4-7,9H,3,8H2,1-2H3. The number of benzene rings is 1. The van der Waals surface area contributed by atoms with Gasteiger partial charge in [-0.05, 0) is 18.6 Å². The van der Waals surface area contributed by atoms with Gasteiger partial charge in [-0.2, -0.15) is 0 Å². The summed E-state index contributed by atoms with van der Waals surface area (Å²) in [5.74, 6) is 0.644. The van der Waals surface area contributed by atoms with Gasteiger partial charge in [0.2, 0.25) is 10.0 Å². The van der Waals surface area contributed by atoms with E-state index in [1.807, 2.05) is 19.1 Å². The maximum atomic E-state index is 11.7. The van der Waals surface area contributed by atoms with E-state index >= 15 is 0 Å². The van der Waals surface area contributed by atoms with Crippen LogP contribution in [-0.4, -0.2) is 27.3 Å². The maximum absolute atomic E-state index is 11.7. The van der Waals surface area contributed by atoms with E-state index in [1.54, 1.807) is 12.1 Å². The number of rotatable bonds is 2. The van der Waals surface area contributed by atoms with Crippen LogP contribution in [0.4, 0.5) is 5.69 Å². The lowest BCUT2D eigenvalue weighted by Gasteiger charge is -2.34. The van der Waals surface area contributed by atoms with E-state index in [4.69, 9.17) is 4.74 Å². The number of hydrogen-bond donors (Lipinski definition) is 0. The number of fused-ring (bicyclic) bond motifs is 1. The molecule has 88 valence electrons. The molecule has 1 aliphatic heterocycles. The zero-order chi connectivity index (χ0) is 11.8. The van der Waals surface area contributed by atoms with Gasteiger partial charge in [0.1, 0.15) is 11.9 Å². The van der Waals surface area contributed by atoms with Crippen molar-refractivity contribution in [1.82, 2.24) is 0 Å².